The van der Waals surface area contributed by atoms with Gasteiger partial charge in [-0.3, -0.25) is 19.1 Å². The van der Waals surface area contributed by atoms with Crippen LogP contribution in [0.4, 0.5) is 5.69 Å². The van der Waals surface area contributed by atoms with Crippen LogP contribution in [0.3, 0.4) is 0 Å². The maximum atomic E-state index is 13.7. The van der Waals surface area contributed by atoms with Crippen LogP contribution in [0.1, 0.15) is 48.0 Å². The molecule has 1 aromatic heterocycles. The number of amides is 1. The molecular weight excluding hydrogens is 412 g/mol. The van der Waals surface area contributed by atoms with Gasteiger partial charge in [0.1, 0.15) is 12.4 Å². The monoisotopic (exact) mass is 442 g/mol. The summed E-state index contributed by atoms with van der Waals surface area (Å²) in [4.78, 5) is 36.0. The van der Waals surface area contributed by atoms with Gasteiger partial charge < -0.3 is 4.90 Å². The van der Waals surface area contributed by atoms with Crippen LogP contribution in [0, 0.1) is 0 Å². The molecule has 1 amide bonds. The van der Waals surface area contributed by atoms with Gasteiger partial charge in [-0.2, -0.15) is 0 Å². The van der Waals surface area contributed by atoms with Crippen LogP contribution < -0.4 is 10.5 Å². The summed E-state index contributed by atoms with van der Waals surface area (Å²) in [6.07, 6.45) is 1.61. The van der Waals surface area contributed by atoms with Crippen molar-refractivity contribution < 1.29 is 4.79 Å². The van der Waals surface area contributed by atoms with E-state index in [2.05, 4.69) is 23.1 Å². The normalized spacial score (nSPS) is 15.5. The third kappa shape index (κ3) is 4.23. The molecule has 0 bridgehead atoms. The van der Waals surface area contributed by atoms with Crippen molar-refractivity contribution in [3.8, 4) is 0 Å². The molecular formula is C27H30N4O2. The topological polar surface area (TPSA) is 58.4 Å². The number of aromatic nitrogens is 2. The van der Waals surface area contributed by atoms with E-state index in [-0.39, 0.29) is 23.9 Å². The molecule has 5 rings (SSSR count). The van der Waals surface area contributed by atoms with Crippen molar-refractivity contribution in [2.24, 2.45) is 0 Å². The van der Waals surface area contributed by atoms with Gasteiger partial charge in [0, 0.05) is 44.2 Å². The SMILES string of the molecule is CC(C)c1nc2c(c(=O)n1CC(=O)N1CCc3ccccc31)CN(Cc1ccccc1)CC2. The average molecular weight is 443 g/mol. The van der Waals surface area contributed by atoms with E-state index in [1.54, 1.807) is 4.57 Å². The van der Waals surface area contributed by atoms with Crippen LogP contribution in [-0.2, 0) is 37.3 Å². The number of hydrogen-bond donors (Lipinski definition) is 0. The summed E-state index contributed by atoms with van der Waals surface area (Å²) in [5.74, 6) is 0.711. The standard InChI is InChI=1S/C27H30N4O2/c1-19(2)26-28-23-13-14-29(16-20-8-4-3-5-9-20)17-22(23)27(33)31(26)18-25(32)30-15-12-21-10-6-7-11-24(21)30/h3-11,19H,12-18H2,1-2H3. The molecule has 0 saturated heterocycles. The number of fused-ring (bicyclic) bond motifs is 2. The molecule has 0 spiro atoms. The van der Waals surface area contributed by atoms with E-state index in [0.29, 0.717) is 18.9 Å². The number of rotatable bonds is 5. The first-order chi connectivity index (χ1) is 16.0. The third-order valence-corrected chi connectivity index (χ3v) is 6.67. The van der Waals surface area contributed by atoms with Crippen LogP contribution >= 0.6 is 0 Å². The zero-order valence-electron chi connectivity index (χ0n) is 19.3. The lowest BCUT2D eigenvalue weighted by molar-refractivity contribution is -0.119. The first-order valence-electron chi connectivity index (χ1n) is 11.8. The Labute approximate surface area is 194 Å². The molecule has 0 atom stereocenters. The molecule has 6 heteroatoms. The van der Waals surface area contributed by atoms with E-state index in [4.69, 9.17) is 4.98 Å². The molecule has 0 radical (unpaired) electrons. The predicted molar refractivity (Wildman–Crippen MR) is 129 cm³/mol. The van der Waals surface area contributed by atoms with Crippen LogP contribution in [0.25, 0.3) is 0 Å². The van der Waals surface area contributed by atoms with E-state index in [1.165, 1.54) is 11.1 Å². The van der Waals surface area contributed by atoms with Crippen molar-refractivity contribution in [3.05, 3.63) is 93.2 Å². The van der Waals surface area contributed by atoms with Gasteiger partial charge in [0.15, 0.2) is 0 Å². The Balaban J connectivity index is 1.44. The zero-order chi connectivity index (χ0) is 22.9. The maximum Gasteiger partial charge on any atom is 0.258 e. The molecule has 2 aliphatic heterocycles. The fourth-order valence-electron chi connectivity index (χ4n) is 4.98. The highest BCUT2D eigenvalue weighted by atomic mass is 16.2. The van der Waals surface area contributed by atoms with Gasteiger partial charge in [-0.15, -0.1) is 0 Å². The zero-order valence-corrected chi connectivity index (χ0v) is 19.3. The Morgan fingerprint density at radius 2 is 1.76 bits per heavy atom. The summed E-state index contributed by atoms with van der Waals surface area (Å²) in [6, 6.07) is 18.3. The van der Waals surface area contributed by atoms with Gasteiger partial charge in [-0.05, 0) is 23.6 Å². The van der Waals surface area contributed by atoms with E-state index >= 15 is 0 Å². The molecule has 0 saturated carbocycles. The van der Waals surface area contributed by atoms with Crippen LogP contribution in [-0.4, -0.2) is 33.4 Å². The summed E-state index contributed by atoms with van der Waals surface area (Å²) in [7, 11) is 0. The van der Waals surface area contributed by atoms with Crippen molar-refractivity contribution in [1.29, 1.82) is 0 Å². The van der Waals surface area contributed by atoms with Gasteiger partial charge >= 0.3 is 0 Å². The van der Waals surface area contributed by atoms with Gasteiger partial charge in [-0.25, -0.2) is 4.98 Å². The highest BCUT2D eigenvalue weighted by molar-refractivity contribution is 5.95. The molecule has 3 aromatic rings. The Hall–Kier alpha value is -3.25. The van der Waals surface area contributed by atoms with Gasteiger partial charge in [-0.1, -0.05) is 62.4 Å². The number of para-hydroxylation sites is 1. The van der Waals surface area contributed by atoms with Crippen molar-refractivity contribution in [2.75, 3.05) is 18.0 Å². The van der Waals surface area contributed by atoms with Crippen molar-refractivity contribution in [2.45, 2.75) is 52.2 Å². The van der Waals surface area contributed by atoms with E-state index in [9.17, 15) is 9.59 Å². The Bertz CT molecular complexity index is 1230. The number of hydrogen-bond acceptors (Lipinski definition) is 4. The van der Waals surface area contributed by atoms with Crippen LogP contribution in [0.2, 0.25) is 0 Å². The molecule has 2 aromatic carbocycles. The molecule has 0 N–H and O–H groups in total. The predicted octanol–water partition coefficient (Wildman–Crippen LogP) is 3.51. The first kappa shape index (κ1) is 21.6. The number of benzene rings is 2. The Morgan fingerprint density at radius 1 is 1.00 bits per heavy atom. The smallest absolute Gasteiger partial charge is 0.258 e. The minimum absolute atomic E-state index is 0.0274. The lowest BCUT2D eigenvalue weighted by Crippen LogP contribution is -2.42. The maximum absolute atomic E-state index is 13.7. The Morgan fingerprint density at radius 3 is 2.55 bits per heavy atom. The molecule has 2 aliphatic rings. The van der Waals surface area contributed by atoms with Gasteiger partial charge in [0.25, 0.3) is 5.56 Å². The summed E-state index contributed by atoms with van der Waals surface area (Å²) in [5.41, 5.74) is 4.93. The number of carbonyl (C=O) groups is 1. The molecule has 0 aliphatic carbocycles. The fourth-order valence-corrected chi connectivity index (χ4v) is 4.98. The first-order valence-corrected chi connectivity index (χ1v) is 11.8. The van der Waals surface area contributed by atoms with Crippen LogP contribution in [0.5, 0.6) is 0 Å². The summed E-state index contributed by atoms with van der Waals surface area (Å²) in [6.45, 7) is 6.99. The number of nitrogens with zero attached hydrogens (tertiary/aromatic N) is 4. The largest absolute Gasteiger partial charge is 0.310 e. The fraction of sp³-hybridized carbons (Fsp3) is 0.370. The summed E-state index contributed by atoms with van der Waals surface area (Å²) < 4.78 is 1.62. The van der Waals surface area contributed by atoms with Crippen LogP contribution in [0.15, 0.2) is 59.4 Å². The summed E-state index contributed by atoms with van der Waals surface area (Å²) in [5, 5.41) is 0. The second-order valence-electron chi connectivity index (χ2n) is 9.31. The third-order valence-electron chi connectivity index (χ3n) is 6.67. The molecule has 170 valence electrons. The van der Waals surface area contributed by atoms with Crippen molar-refractivity contribution in [1.82, 2.24) is 14.5 Å². The quantitative estimate of drug-likeness (QED) is 0.607. The number of anilines is 1. The average Bonchev–Trinajstić information content (AvgIpc) is 3.26. The van der Waals surface area contributed by atoms with E-state index < -0.39 is 0 Å². The number of carbonyl (C=O) groups excluding carboxylic acids is 1. The van der Waals surface area contributed by atoms with E-state index in [1.807, 2.05) is 55.1 Å². The highest BCUT2D eigenvalue weighted by Crippen LogP contribution is 2.28. The molecule has 33 heavy (non-hydrogen) atoms. The minimum atomic E-state index is -0.0673. The highest BCUT2D eigenvalue weighted by Gasteiger charge is 2.28. The van der Waals surface area contributed by atoms with Crippen molar-refractivity contribution in [3.63, 3.8) is 0 Å². The lowest BCUT2D eigenvalue weighted by atomic mass is 10.0. The van der Waals surface area contributed by atoms with Gasteiger partial charge in [0.2, 0.25) is 5.91 Å². The molecule has 0 fully saturated rings. The van der Waals surface area contributed by atoms with Gasteiger partial charge in [0.05, 0.1) is 11.3 Å². The lowest BCUT2D eigenvalue weighted by Gasteiger charge is -2.29. The molecule has 3 heterocycles. The second-order valence-corrected chi connectivity index (χ2v) is 9.31. The van der Waals surface area contributed by atoms with Crippen molar-refractivity contribution >= 4 is 11.6 Å². The minimum Gasteiger partial charge on any atom is -0.310 e. The second kappa shape index (κ2) is 8.94. The molecule has 6 nitrogen and oxygen atoms in total. The molecule has 0 unspecified atom stereocenters. The van der Waals surface area contributed by atoms with E-state index in [0.717, 1.165) is 42.9 Å². The Kier molecular flexibility index (Phi) is 5.85. The summed E-state index contributed by atoms with van der Waals surface area (Å²) >= 11 is 0.